The molecule has 138 valence electrons. The first kappa shape index (κ1) is 16.6. The highest BCUT2D eigenvalue weighted by Gasteiger charge is 2.27. The molecule has 5 rings (SSSR count). The van der Waals surface area contributed by atoms with Crippen molar-refractivity contribution >= 4 is 22.5 Å². The molecule has 1 saturated carbocycles. The van der Waals surface area contributed by atoms with Crippen LogP contribution in [-0.4, -0.2) is 31.1 Å². The van der Waals surface area contributed by atoms with Gasteiger partial charge in [0.15, 0.2) is 0 Å². The summed E-state index contributed by atoms with van der Waals surface area (Å²) < 4.78 is 1.60. The first-order valence-electron chi connectivity index (χ1n) is 9.24. The summed E-state index contributed by atoms with van der Waals surface area (Å²) in [6, 6.07) is 15.4. The Kier molecular flexibility index (Phi) is 3.86. The molecular formula is C21H18N6O. The van der Waals surface area contributed by atoms with Crippen LogP contribution in [-0.2, 0) is 0 Å². The minimum Gasteiger partial charge on any atom is -0.322 e. The smallest absolute Gasteiger partial charge is 0.256 e. The van der Waals surface area contributed by atoms with E-state index in [1.807, 2.05) is 55.5 Å². The molecule has 0 bridgehead atoms. The zero-order chi connectivity index (χ0) is 19.1. The number of anilines is 1. The van der Waals surface area contributed by atoms with Gasteiger partial charge in [-0.05, 0) is 66.1 Å². The van der Waals surface area contributed by atoms with Crippen molar-refractivity contribution in [2.24, 2.45) is 0 Å². The Morgan fingerprint density at radius 2 is 2.00 bits per heavy atom. The predicted molar refractivity (Wildman–Crippen MR) is 106 cm³/mol. The third-order valence-electron chi connectivity index (χ3n) is 5.03. The molecule has 0 spiro atoms. The Morgan fingerprint density at radius 3 is 2.75 bits per heavy atom. The zero-order valence-corrected chi connectivity index (χ0v) is 15.3. The van der Waals surface area contributed by atoms with Crippen LogP contribution in [0.2, 0.25) is 0 Å². The maximum Gasteiger partial charge on any atom is 0.256 e. The molecule has 1 amide bonds. The van der Waals surface area contributed by atoms with Crippen molar-refractivity contribution < 1.29 is 4.79 Å². The Hall–Kier alpha value is -3.61. The van der Waals surface area contributed by atoms with Crippen LogP contribution >= 0.6 is 0 Å². The third-order valence-corrected chi connectivity index (χ3v) is 5.03. The summed E-state index contributed by atoms with van der Waals surface area (Å²) in [5, 5.41) is 15.1. The summed E-state index contributed by atoms with van der Waals surface area (Å²) in [6.07, 6.45) is 3.83. The number of carbonyl (C=O) groups is 1. The number of pyridine rings is 1. The van der Waals surface area contributed by atoms with Crippen LogP contribution in [0.3, 0.4) is 0 Å². The fourth-order valence-corrected chi connectivity index (χ4v) is 3.43. The largest absolute Gasteiger partial charge is 0.322 e. The molecule has 7 nitrogen and oxygen atoms in total. The Bertz CT molecular complexity index is 1180. The van der Waals surface area contributed by atoms with E-state index in [9.17, 15) is 4.79 Å². The predicted octanol–water partition coefficient (Wildman–Crippen LogP) is 3.65. The number of benzene rings is 2. The number of rotatable bonds is 4. The van der Waals surface area contributed by atoms with E-state index in [0.717, 1.165) is 46.4 Å². The molecule has 1 N–H and O–H groups in total. The van der Waals surface area contributed by atoms with E-state index in [2.05, 4.69) is 20.8 Å². The maximum absolute atomic E-state index is 13.1. The van der Waals surface area contributed by atoms with Crippen LogP contribution in [0.15, 0.2) is 54.9 Å². The third kappa shape index (κ3) is 3.00. The van der Waals surface area contributed by atoms with E-state index in [1.54, 1.807) is 11.0 Å². The second kappa shape index (κ2) is 6.53. The number of fused-ring (bicyclic) bond motifs is 1. The van der Waals surface area contributed by atoms with Gasteiger partial charge in [-0.2, -0.15) is 0 Å². The highest BCUT2D eigenvalue weighted by atomic mass is 16.1. The topological polar surface area (TPSA) is 85.6 Å². The van der Waals surface area contributed by atoms with E-state index in [-0.39, 0.29) is 5.91 Å². The summed E-state index contributed by atoms with van der Waals surface area (Å²) >= 11 is 0. The van der Waals surface area contributed by atoms with E-state index < -0.39 is 0 Å². The van der Waals surface area contributed by atoms with Gasteiger partial charge in [0.1, 0.15) is 6.33 Å². The summed E-state index contributed by atoms with van der Waals surface area (Å²) in [7, 11) is 0. The van der Waals surface area contributed by atoms with Gasteiger partial charge in [0.05, 0.1) is 16.8 Å². The Labute approximate surface area is 161 Å². The SMILES string of the molecule is Cc1cc(NC(=O)c2cc(C3CC3)nc3ccccc23)ccc1-n1cnnn1. The molecule has 4 aromatic rings. The van der Waals surface area contributed by atoms with Gasteiger partial charge in [-0.1, -0.05) is 18.2 Å². The van der Waals surface area contributed by atoms with Gasteiger partial charge in [-0.15, -0.1) is 5.10 Å². The normalized spacial score (nSPS) is 13.6. The van der Waals surface area contributed by atoms with E-state index in [0.29, 0.717) is 11.5 Å². The number of aromatic nitrogens is 5. The molecule has 0 atom stereocenters. The molecule has 1 aliphatic carbocycles. The quantitative estimate of drug-likeness (QED) is 0.593. The molecular weight excluding hydrogens is 352 g/mol. The molecule has 1 fully saturated rings. The first-order valence-corrected chi connectivity index (χ1v) is 9.24. The number of nitrogens with zero attached hydrogens (tertiary/aromatic N) is 5. The highest BCUT2D eigenvalue weighted by molar-refractivity contribution is 6.12. The van der Waals surface area contributed by atoms with Gasteiger partial charge in [0.25, 0.3) is 5.91 Å². The number of aryl methyl sites for hydroxylation is 1. The van der Waals surface area contributed by atoms with Gasteiger partial charge in [0.2, 0.25) is 0 Å². The molecule has 7 heteroatoms. The number of hydrogen-bond acceptors (Lipinski definition) is 5. The van der Waals surface area contributed by atoms with Crippen molar-refractivity contribution in [1.82, 2.24) is 25.2 Å². The average Bonchev–Trinajstić information content (AvgIpc) is 3.42. The van der Waals surface area contributed by atoms with Gasteiger partial charge in [-0.25, -0.2) is 4.68 Å². The minimum atomic E-state index is -0.130. The average molecular weight is 370 g/mol. The van der Waals surface area contributed by atoms with E-state index >= 15 is 0 Å². The van der Waals surface area contributed by atoms with Crippen LogP contribution in [0.5, 0.6) is 0 Å². The van der Waals surface area contributed by atoms with Crippen LogP contribution in [0, 0.1) is 6.92 Å². The van der Waals surface area contributed by atoms with Crippen molar-refractivity contribution in [1.29, 1.82) is 0 Å². The lowest BCUT2D eigenvalue weighted by Gasteiger charge is -2.12. The van der Waals surface area contributed by atoms with Crippen LogP contribution in [0.4, 0.5) is 5.69 Å². The Balaban J connectivity index is 1.48. The second-order valence-corrected chi connectivity index (χ2v) is 7.10. The molecule has 0 radical (unpaired) electrons. The van der Waals surface area contributed by atoms with Crippen molar-refractivity contribution in [3.63, 3.8) is 0 Å². The number of para-hydroxylation sites is 1. The monoisotopic (exact) mass is 370 g/mol. The molecule has 0 saturated heterocycles. The number of nitrogens with one attached hydrogen (secondary N) is 1. The van der Waals surface area contributed by atoms with Crippen LogP contribution < -0.4 is 5.32 Å². The molecule has 28 heavy (non-hydrogen) atoms. The molecule has 0 aliphatic heterocycles. The fourth-order valence-electron chi connectivity index (χ4n) is 3.43. The van der Waals surface area contributed by atoms with E-state index in [1.165, 1.54) is 0 Å². The van der Waals surface area contributed by atoms with Crippen molar-refractivity contribution in [3.05, 3.63) is 71.7 Å². The maximum atomic E-state index is 13.1. The zero-order valence-electron chi connectivity index (χ0n) is 15.3. The summed E-state index contributed by atoms with van der Waals surface area (Å²) in [4.78, 5) is 17.8. The van der Waals surface area contributed by atoms with Gasteiger partial charge in [-0.3, -0.25) is 9.78 Å². The summed E-state index contributed by atoms with van der Waals surface area (Å²) in [5.41, 5.74) is 5.09. The highest BCUT2D eigenvalue weighted by Crippen LogP contribution is 2.40. The molecule has 1 aliphatic rings. The number of hydrogen-bond donors (Lipinski definition) is 1. The van der Waals surface area contributed by atoms with Crippen LogP contribution in [0.1, 0.15) is 40.4 Å². The van der Waals surface area contributed by atoms with Crippen molar-refractivity contribution in [2.75, 3.05) is 5.32 Å². The lowest BCUT2D eigenvalue weighted by Crippen LogP contribution is -2.14. The lowest BCUT2D eigenvalue weighted by molar-refractivity contribution is 0.102. The van der Waals surface area contributed by atoms with Crippen LogP contribution in [0.25, 0.3) is 16.6 Å². The van der Waals surface area contributed by atoms with Crippen molar-refractivity contribution in [2.45, 2.75) is 25.7 Å². The number of amides is 1. The van der Waals surface area contributed by atoms with Gasteiger partial charge >= 0.3 is 0 Å². The van der Waals surface area contributed by atoms with E-state index in [4.69, 9.17) is 4.98 Å². The number of tetrazole rings is 1. The van der Waals surface area contributed by atoms with Crippen molar-refractivity contribution in [3.8, 4) is 5.69 Å². The molecule has 2 aromatic carbocycles. The number of carbonyl (C=O) groups excluding carboxylic acids is 1. The first-order chi connectivity index (χ1) is 13.7. The lowest BCUT2D eigenvalue weighted by atomic mass is 10.0. The van der Waals surface area contributed by atoms with Gasteiger partial charge in [0, 0.05) is 22.7 Å². The summed E-state index contributed by atoms with van der Waals surface area (Å²) in [5.74, 6) is 0.351. The molecule has 0 unspecified atom stereocenters. The summed E-state index contributed by atoms with van der Waals surface area (Å²) in [6.45, 7) is 1.96. The standard InChI is InChI=1S/C21H18N6O/c1-13-10-15(8-9-20(13)27-12-22-25-26-27)23-21(28)17-11-19(14-6-7-14)24-18-5-3-2-4-16(17)18/h2-5,8-12,14H,6-7H2,1H3,(H,23,28). The van der Waals surface area contributed by atoms with Gasteiger partial charge < -0.3 is 5.32 Å². The minimum absolute atomic E-state index is 0.130. The Morgan fingerprint density at radius 1 is 1.14 bits per heavy atom. The molecule has 2 aromatic heterocycles. The fraction of sp³-hybridized carbons (Fsp3) is 0.190. The molecule has 2 heterocycles. The second-order valence-electron chi connectivity index (χ2n) is 7.10.